The molecule has 2 atom stereocenters. The van der Waals surface area contributed by atoms with Gasteiger partial charge in [0.05, 0.1) is 21.3 Å². The second-order valence-corrected chi connectivity index (χ2v) is 8.85. The van der Waals surface area contributed by atoms with E-state index in [2.05, 4.69) is 20.4 Å². The lowest BCUT2D eigenvalue weighted by Crippen LogP contribution is -2.39. The normalized spacial score (nSPS) is 21.9. The molecule has 0 spiro atoms. The van der Waals surface area contributed by atoms with E-state index in [-0.39, 0.29) is 17.8 Å². The van der Waals surface area contributed by atoms with Crippen molar-refractivity contribution in [2.24, 2.45) is 16.3 Å². The number of aliphatic imine (C=N–C) groups is 1. The van der Waals surface area contributed by atoms with Crippen LogP contribution in [-0.4, -0.2) is 45.4 Å². The molecule has 1 heterocycles. The van der Waals surface area contributed by atoms with Gasteiger partial charge in [-0.25, -0.2) is 0 Å². The number of nitrogens with zero attached hydrogens (tertiary/aromatic N) is 1. The Kier molecular flexibility index (Phi) is 6.77. The molecule has 1 aromatic rings. The summed E-state index contributed by atoms with van der Waals surface area (Å²) in [6.45, 7) is 9.59. The van der Waals surface area contributed by atoms with E-state index in [1.54, 1.807) is 13.0 Å². The Morgan fingerprint density at radius 2 is 1.84 bits per heavy atom. The number of hydrogen-bond acceptors (Lipinski definition) is 7. The molecule has 0 aromatic heterocycles. The van der Waals surface area contributed by atoms with Crippen molar-refractivity contribution < 1.29 is 28.5 Å². The first-order valence-corrected chi connectivity index (χ1v) is 10.6. The van der Waals surface area contributed by atoms with Gasteiger partial charge in [-0.15, -0.1) is 0 Å². The van der Waals surface area contributed by atoms with Crippen LogP contribution in [0.5, 0.6) is 17.2 Å². The number of ether oxygens (including phenoxy) is 4. The zero-order valence-electron chi connectivity index (χ0n) is 19.6. The maximum atomic E-state index is 13.4. The molecular weight excluding hydrogens is 410 g/mol. The minimum Gasteiger partial charge on any atom is -0.493 e. The van der Waals surface area contributed by atoms with Gasteiger partial charge in [0.25, 0.3) is 0 Å². The van der Waals surface area contributed by atoms with Crippen LogP contribution in [0.15, 0.2) is 41.1 Å². The van der Waals surface area contributed by atoms with Gasteiger partial charge in [-0.2, -0.15) is 0 Å². The lowest BCUT2D eigenvalue weighted by Gasteiger charge is -2.39. The van der Waals surface area contributed by atoms with Crippen LogP contribution >= 0.6 is 0 Å². The molecule has 0 amide bonds. The second kappa shape index (κ2) is 9.18. The molecule has 7 heteroatoms. The molecule has 3 rings (SSSR count). The summed E-state index contributed by atoms with van der Waals surface area (Å²) >= 11 is 0. The third-order valence-corrected chi connectivity index (χ3v) is 5.97. The SMILES string of the molecule is C=CCOC(=O)C1C(C)=NC2=C(C(=O)CC(C)(C)C2)[C@H]1c1ccc(OC)c(OC)c1OC. The number of hydrogen-bond donors (Lipinski definition) is 0. The van der Waals surface area contributed by atoms with Gasteiger partial charge in [-0.05, 0) is 24.8 Å². The number of ketones is 1. The quantitative estimate of drug-likeness (QED) is 0.464. The van der Waals surface area contributed by atoms with Crippen LogP contribution < -0.4 is 14.2 Å². The van der Waals surface area contributed by atoms with E-state index in [1.807, 2.05) is 6.07 Å². The molecule has 0 N–H and O–H groups in total. The average Bonchev–Trinajstić information content (AvgIpc) is 2.74. The third-order valence-electron chi connectivity index (χ3n) is 5.97. The summed E-state index contributed by atoms with van der Waals surface area (Å²) in [5.74, 6) is -0.559. The Bertz CT molecular complexity index is 1000. The van der Waals surface area contributed by atoms with Crippen LogP contribution in [0, 0.1) is 11.3 Å². The van der Waals surface area contributed by atoms with Crippen LogP contribution in [-0.2, 0) is 14.3 Å². The second-order valence-electron chi connectivity index (χ2n) is 8.85. The van der Waals surface area contributed by atoms with E-state index in [4.69, 9.17) is 23.9 Å². The first kappa shape index (κ1) is 23.6. The Morgan fingerprint density at radius 1 is 1.16 bits per heavy atom. The highest BCUT2D eigenvalue weighted by Gasteiger charge is 2.47. The summed E-state index contributed by atoms with van der Waals surface area (Å²) in [5, 5.41) is 0. The van der Waals surface area contributed by atoms with Crippen LogP contribution in [0.4, 0.5) is 0 Å². The van der Waals surface area contributed by atoms with E-state index >= 15 is 0 Å². The summed E-state index contributed by atoms with van der Waals surface area (Å²) in [6, 6.07) is 3.57. The first-order valence-electron chi connectivity index (χ1n) is 10.6. The summed E-state index contributed by atoms with van der Waals surface area (Å²) in [5.41, 5.74) is 2.31. The van der Waals surface area contributed by atoms with Crippen molar-refractivity contribution >= 4 is 17.5 Å². The van der Waals surface area contributed by atoms with Crippen molar-refractivity contribution in [2.75, 3.05) is 27.9 Å². The number of Topliss-reactive ketones (excluding diaryl/α,β-unsaturated/α-hetero) is 1. The van der Waals surface area contributed by atoms with E-state index in [0.717, 1.165) is 5.70 Å². The molecule has 32 heavy (non-hydrogen) atoms. The minimum absolute atomic E-state index is 0.0177. The van der Waals surface area contributed by atoms with Gasteiger partial charge < -0.3 is 18.9 Å². The molecule has 1 aromatic carbocycles. The zero-order valence-corrected chi connectivity index (χ0v) is 19.6. The number of esters is 1. The van der Waals surface area contributed by atoms with Gasteiger partial charge >= 0.3 is 5.97 Å². The zero-order chi connectivity index (χ0) is 23.6. The number of rotatable bonds is 7. The molecule has 0 saturated carbocycles. The summed E-state index contributed by atoms with van der Waals surface area (Å²) < 4.78 is 22.1. The number of methoxy groups -OCH3 is 3. The van der Waals surface area contributed by atoms with Crippen LogP contribution in [0.3, 0.4) is 0 Å². The molecule has 172 valence electrons. The number of carbonyl (C=O) groups is 2. The molecule has 1 unspecified atom stereocenters. The van der Waals surface area contributed by atoms with Crippen LogP contribution in [0.1, 0.15) is 45.1 Å². The standard InChI is InChI=1S/C25H31NO6/c1-8-11-32-24(28)19-14(2)26-16-12-25(3,4)13-17(27)21(16)20(19)15-9-10-18(29-5)23(31-7)22(15)30-6/h8-10,19-20H,1,11-13H2,2-7H3/t19?,20-/m0/s1. The lowest BCUT2D eigenvalue weighted by molar-refractivity contribution is -0.145. The Labute approximate surface area is 189 Å². The lowest BCUT2D eigenvalue weighted by atomic mass is 9.66. The maximum Gasteiger partial charge on any atom is 0.315 e. The predicted molar refractivity (Wildman–Crippen MR) is 122 cm³/mol. The van der Waals surface area contributed by atoms with Crippen molar-refractivity contribution in [2.45, 2.75) is 39.5 Å². The monoisotopic (exact) mass is 441 g/mol. The van der Waals surface area contributed by atoms with Crippen molar-refractivity contribution in [1.82, 2.24) is 0 Å². The summed E-state index contributed by atoms with van der Waals surface area (Å²) in [7, 11) is 4.58. The minimum atomic E-state index is -0.772. The molecule has 1 aliphatic heterocycles. The van der Waals surface area contributed by atoms with Crippen molar-refractivity contribution in [1.29, 1.82) is 0 Å². The average molecular weight is 442 g/mol. The fourth-order valence-electron chi connectivity index (χ4n) is 4.69. The van der Waals surface area contributed by atoms with Gasteiger partial charge in [-0.3, -0.25) is 14.6 Å². The number of benzene rings is 1. The van der Waals surface area contributed by atoms with E-state index in [1.165, 1.54) is 27.4 Å². The fraction of sp³-hybridized carbons (Fsp3) is 0.480. The Hall–Kier alpha value is -3.09. The molecule has 7 nitrogen and oxygen atoms in total. The molecule has 2 aliphatic rings. The summed E-state index contributed by atoms with van der Waals surface area (Å²) in [4.78, 5) is 31.3. The Balaban J connectivity index is 2.27. The Morgan fingerprint density at radius 3 is 2.44 bits per heavy atom. The highest BCUT2D eigenvalue weighted by molar-refractivity contribution is 6.09. The fourth-order valence-corrected chi connectivity index (χ4v) is 4.69. The first-order chi connectivity index (χ1) is 15.2. The molecule has 1 aliphatic carbocycles. The number of allylic oxidation sites excluding steroid dienone is 2. The maximum absolute atomic E-state index is 13.4. The summed E-state index contributed by atoms with van der Waals surface area (Å²) in [6.07, 6.45) is 2.53. The smallest absolute Gasteiger partial charge is 0.315 e. The van der Waals surface area contributed by atoms with Crippen LogP contribution in [0.25, 0.3) is 0 Å². The van der Waals surface area contributed by atoms with Gasteiger partial charge in [0.2, 0.25) is 5.75 Å². The van der Waals surface area contributed by atoms with Gasteiger partial charge in [-0.1, -0.05) is 32.6 Å². The van der Waals surface area contributed by atoms with Gasteiger partial charge in [0, 0.05) is 34.9 Å². The molecular formula is C25H31NO6. The molecule has 0 fully saturated rings. The van der Waals surface area contributed by atoms with Crippen molar-refractivity contribution in [3.8, 4) is 17.2 Å². The molecule has 0 radical (unpaired) electrons. The molecule has 0 bridgehead atoms. The van der Waals surface area contributed by atoms with Crippen molar-refractivity contribution in [3.05, 3.63) is 41.6 Å². The highest BCUT2D eigenvalue weighted by Crippen LogP contribution is 2.52. The largest absolute Gasteiger partial charge is 0.493 e. The van der Waals surface area contributed by atoms with Crippen molar-refractivity contribution in [3.63, 3.8) is 0 Å². The predicted octanol–water partition coefficient (Wildman–Crippen LogP) is 4.26. The van der Waals surface area contributed by atoms with Crippen LogP contribution in [0.2, 0.25) is 0 Å². The van der Waals surface area contributed by atoms with E-state index in [9.17, 15) is 9.59 Å². The van der Waals surface area contributed by atoms with E-state index in [0.29, 0.717) is 46.9 Å². The number of carbonyl (C=O) groups excluding carboxylic acids is 2. The topological polar surface area (TPSA) is 83.4 Å². The highest BCUT2D eigenvalue weighted by atomic mass is 16.5. The van der Waals surface area contributed by atoms with Gasteiger partial charge in [0.15, 0.2) is 17.3 Å². The van der Waals surface area contributed by atoms with Gasteiger partial charge in [0.1, 0.15) is 12.5 Å². The van der Waals surface area contributed by atoms with E-state index < -0.39 is 17.8 Å². The third kappa shape index (κ3) is 4.16. The molecule has 0 saturated heterocycles.